The van der Waals surface area contributed by atoms with Crippen molar-refractivity contribution in [3.63, 3.8) is 0 Å². The third kappa shape index (κ3) is 3.05. The number of para-hydroxylation sites is 1. The summed E-state index contributed by atoms with van der Waals surface area (Å²) < 4.78 is 2.11. The molecule has 0 atom stereocenters. The molecule has 1 N–H and O–H groups in total. The fraction of sp³-hybridized carbons (Fsp3) is 0.190. The van der Waals surface area contributed by atoms with Crippen LogP contribution in [-0.4, -0.2) is 37.2 Å². The molecule has 5 rings (SSSR count). The SMILES string of the molecule is CCn1c2ccccc2c2nnc(SCC(=O)c3ccc4c(c3)CC(=O)N4)nc21. The van der Waals surface area contributed by atoms with Gasteiger partial charge in [-0.15, -0.1) is 10.2 Å². The first-order valence-corrected chi connectivity index (χ1v) is 10.3. The van der Waals surface area contributed by atoms with Gasteiger partial charge in [0.25, 0.3) is 0 Å². The highest BCUT2D eigenvalue weighted by atomic mass is 32.2. The van der Waals surface area contributed by atoms with Crippen LogP contribution in [0.15, 0.2) is 47.6 Å². The van der Waals surface area contributed by atoms with Gasteiger partial charge < -0.3 is 9.88 Å². The van der Waals surface area contributed by atoms with E-state index in [-0.39, 0.29) is 17.4 Å². The largest absolute Gasteiger partial charge is 0.326 e. The third-order valence-electron chi connectivity index (χ3n) is 5.06. The minimum atomic E-state index is -0.0435. The maximum absolute atomic E-state index is 12.6. The first-order valence-electron chi connectivity index (χ1n) is 9.34. The third-order valence-corrected chi connectivity index (χ3v) is 5.89. The van der Waals surface area contributed by atoms with Gasteiger partial charge in [0.2, 0.25) is 11.1 Å². The molecule has 0 fully saturated rings. The second kappa shape index (κ2) is 6.97. The lowest BCUT2D eigenvalue weighted by Crippen LogP contribution is -2.05. The van der Waals surface area contributed by atoms with E-state index in [4.69, 9.17) is 0 Å². The van der Waals surface area contributed by atoms with E-state index in [0.29, 0.717) is 17.1 Å². The number of hydrogen-bond donors (Lipinski definition) is 1. The lowest BCUT2D eigenvalue weighted by molar-refractivity contribution is -0.115. The van der Waals surface area contributed by atoms with E-state index in [0.717, 1.165) is 39.9 Å². The maximum atomic E-state index is 12.6. The van der Waals surface area contributed by atoms with Gasteiger partial charge in [0, 0.05) is 23.2 Å². The second-order valence-electron chi connectivity index (χ2n) is 6.84. The van der Waals surface area contributed by atoms with E-state index in [2.05, 4.69) is 32.0 Å². The summed E-state index contributed by atoms with van der Waals surface area (Å²) in [4.78, 5) is 28.8. The molecule has 0 bridgehead atoms. The molecule has 0 saturated heterocycles. The Morgan fingerprint density at radius 3 is 2.93 bits per heavy atom. The molecule has 1 aliphatic heterocycles. The van der Waals surface area contributed by atoms with E-state index in [9.17, 15) is 9.59 Å². The average Bonchev–Trinajstić information content (AvgIpc) is 3.27. The molecule has 1 amide bonds. The van der Waals surface area contributed by atoms with Crippen molar-refractivity contribution in [1.29, 1.82) is 0 Å². The number of benzene rings is 2. The number of carbonyl (C=O) groups excluding carboxylic acids is 2. The number of nitrogens with one attached hydrogen (secondary N) is 1. The predicted molar refractivity (Wildman–Crippen MR) is 112 cm³/mol. The molecule has 7 nitrogen and oxygen atoms in total. The number of thioether (sulfide) groups is 1. The van der Waals surface area contributed by atoms with E-state index >= 15 is 0 Å². The van der Waals surface area contributed by atoms with Gasteiger partial charge in [0.05, 0.1) is 17.7 Å². The van der Waals surface area contributed by atoms with Gasteiger partial charge in [-0.05, 0) is 36.8 Å². The number of nitrogens with zero attached hydrogens (tertiary/aromatic N) is 4. The summed E-state index contributed by atoms with van der Waals surface area (Å²) in [5.74, 6) is 0.134. The van der Waals surface area contributed by atoms with Gasteiger partial charge in [-0.25, -0.2) is 4.98 Å². The maximum Gasteiger partial charge on any atom is 0.228 e. The highest BCUT2D eigenvalue weighted by molar-refractivity contribution is 7.99. The Kier molecular flexibility index (Phi) is 4.28. The molecule has 144 valence electrons. The first kappa shape index (κ1) is 17.8. The van der Waals surface area contributed by atoms with Gasteiger partial charge in [0.1, 0.15) is 5.52 Å². The number of ketones is 1. The summed E-state index contributed by atoms with van der Waals surface area (Å²) in [7, 11) is 0. The average molecular weight is 403 g/mol. The highest BCUT2D eigenvalue weighted by Gasteiger charge is 2.20. The van der Waals surface area contributed by atoms with Crippen LogP contribution in [0.1, 0.15) is 22.8 Å². The zero-order valence-electron chi connectivity index (χ0n) is 15.7. The van der Waals surface area contributed by atoms with Crippen molar-refractivity contribution in [2.24, 2.45) is 0 Å². The predicted octanol–water partition coefficient (Wildman–Crippen LogP) is 3.47. The molecule has 0 spiro atoms. The molecule has 2 aromatic carbocycles. The number of fused-ring (bicyclic) bond motifs is 4. The fourth-order valence-corrected chi connectivity index (χ4v) is 4.36. The Morgan fingerprint density at radius 2 is 2.07 bits per heavy atom. The van der Waals surface area contributed by atoms with Crippen LogP contribution < -0.4 is 5.32 Å². The summed E-state index contributed by atoms with van der Waals surface area (Å²) in [5, 5.41) is 12.9. The Balaban J connectivity index is 1.39. The molecule has 29 heavy (non-hydrogen) atoms. The minimum Gasteiger partial charge on any atom is -0.326 e. The minimum absolute atomic E-state index is 0.0307. The Bertz CT molecular complexity index is 1300. The van der Waals surface area contributed by atoms with Crippen LogP contribution >= 0.6 is 11.8 Å². The summed E-state index contributed by atoms with van der Waals surface area (Å²) in [6, 6.07) is 13.3. The van der Waals surface area contributed by atoms with E-state index in [1.807, 2.05) is 24.3 Å². The van der Waals surface area contributed by atoms with Gasteiger partial charge >= 0.3 is 0 Å². The van der Waals surface area contributed by atoms with Crippen molar-refractivity contribution < 1.29 is 9.59 Å². The van der Waals surface area contributed by atoms with Crippen LogP contribution in [0.25, 0.3) is 22.1 Å². The van der Waals surface area contributed by atoms with Crippen molar-refractivity contribution in [2.45, 2.75) is 25.0 Å². The molecule has 0 aliphatic carbocycles. The van der Waals surface area contributed by atoms with E-state index in [1.165, 1.54) is 11.8 Å². The van der Waals surface area contributed by atoms with Crippen LogP contribution in [0.3, 0.4) is 0 Å². The number of hydrogen-bond acceptors (Lipinski definition) is 6. The smallest absolute Gasteiger partial charge is 0.228 e. The lowest BCUT2D eigenvalue weighted by atomic mass is 10.1. The molecule has 0 unspecified atom stereocenters. The molecule has 0 radical (unpaired) electrons. The molecule has 1 aliphatic rings. The number of rotatable bonds is 5. The van der Waals surface area contributed by atoms with Crippen molar-refractivity contribution in [3.05, 3.63) is 53.6 Å². The Hall–Kier alpha value is -3.26. The van der Waals surface area contributed by atoms with Crippen LogP contribution in [0.2, 0.25) is 0 Å². The first-order chi connectivity index (χ1) is 14.1. The number of anilines is 1. The van der Waals surface area contributed by atoms with Gasteiger partial charge in [-0.2, -0.15) is 0 Å². The Labute approximate surface area is 170 Å². The van der Waals surface area contributed by atoms with Crippen LogP contribution in [0.5, 0.6) is 0 Å². The van der Waals surface area contributed by atoms with Gasteiger partial charge in [-0.1, -0.05) is 30.0 Å². The van der Waals surface area contributed by atoms with Gasteiger partial charge in [0.15, 0.2) is 11.4 Å². The number of aryl methyl sites for hydroxylation is 1. The normalized spacial score (nSPS) is 13.1. The lowest BCUT2D eigenvalue weighted by Gasteiger charge is -2.04. The monoisotopic (exact) mass is 403 g/mol. The van der Waals surface area contributed by atoms with E-state index in [1.54, 1.807) is 18.2 Å². The van der Waals surface area contributed by atoms with Crippen molar-refractivity contribution in [2.75, 3.05) is 11.1 Å². The molecule has 3 heterocycles. The Morgan fingerprint density at radius 1 is 1.21 bits per heavy atom. The van der Waals surface area contributed by atoms with E-state index < -0.39 is 0 Å². The zero-order valence-corrected chi connectivity index (χ0v) is 16.5. The van der Waals surface area contributed by atoms with Crippen LogP contribution in [0.4, 0.5) is 5.69 Å². The summed E-state index contributed by atoms with van der Waals surface area (Å²) in [5.41, 5.74) is 4.85. The van der Waals surface area contributed by atoms with Crippen LogP contribution in [0, 0.1) is 0 Å². The molecule has 2 aromatic heterocycles. The standard InChI is InChI=1S/C21H17N5O2S/c1-2-26-16-6-4-3-5-14(16)19-20(26)23-21(25-24-19)29-11-17(27)12-7-8-15-13(9-12)10-18(28)22-15/h3-9H,2,10-11H2,1H3,(H,22,28). The summed E-state index contributed by atoms with van der Waals surface area (Å²) in [6.07, 6.45) is 0.314. The number of Topliss-reactive ketones (excluding diaryl/α,β-unsaturated/α-hetero) is 1. The van der Waals surface area contributed by atoms with Crippen molar-refractivity contribution in [1.82, 2.24) is 19.7 Å². The van der Waals surface area contributed by atoms with Crippen LogP contribution in [-0.2, 0) is 17.8 Å². The topological polar surface area (TPSA) is 89.8 Å². The highest BCUT2D eigenvalue weighted by Crippen LogP contribution is 2.28. The number of aromatic nitrogens is 4. The second-order valence-corrected chi connectivity index (χ2v) is 7.78. The summed E-state index contributed by atoms with van der Waals surface area (Å²) >= 11 is 1.27. The zero-order chi connectivity index (χ0) is 20.0. The molecule has 4 aromatic rings. The van der Waals surface area contributed by atoms with Crippen molar-refractivity contribution >= 4 is 51.2 Å². The summed E-state index contributed by atoms with van der Waals surface area (Å²) in [6.45, 7) is 2.84. The molecule has 8 heteroatoms. The quantitative estimate of drug-likeness (QED) is 0.405. The van der Waals surface area contributed by atoms with Gasteiger partial charge in [-0.3, -0.25) is 9.59 Å². The molecular weight excluding hydrogens is 386 g/mol. The molecule has 0 saturated carbocycles. The fourth-order valence-electron chi connectivity index (χ4n) is 3.69. The molecular formula is C21H17N5O2S. The number of carbonyl (C=O) groups is 2. The number of amides is 1. The van der Waals surface area contributed by atoms with Crippen molar-refractivity contribution in [3.8, 4) is 0 Å².